The molecule has 0 aliphatic heterocycles. The molecule has 3 rings (SSSR count). The lowest BCUT2D eigenvalue weighted by atomic mass is 10.2. The average molecular weight is 447 g/mol. The number of aryl methyl sites for hydroxylation is 1. The molecule has 1 amide bonds. The van der Waals surface area contributed by atoms with Crippen LogP contribution in [0.1, 0.15) is 36.5 Å². The largest absolute Gasteiger partial charge is 0.494 e. The molecular weight excluding hydrogens is 416 g/mol. The van der Waals surface area contributed by atoms with Gasteiger partial charge >= 0.3 is 0 Å². The van der Waals surface area contributed by atoms with Crippen molar-refractivity contribution in [3.63, 3.8) is 0 Å². The predicted octanol–water partition coefficient (Wildman–Crippen LogP) is 5.28. The van der Waals surface area contributed by atoms with Gasteiger partial charge in [0.2, 0.25) is 0 Å². The minimum Gasteiger partial charge on any atom is -0.494 e. The van der Waals surface area contributed by atoms with E-state index in [2.05, 4.69) is 48.6 Å². The van der Waals surface area contributed by atoms with Crippen LogP contribution in [-0.4, -0.2) is 25.3 Å². The lowest BCUT2D eigenvalue weighted by Gasteiger charge is -2.08. The highest BCUT2D eigenvalue weighted by molar-refractivity contribution is 5.83. The van der Waals surface area contributed by atoms with Gasteiger partial charge in [0.25, 0.3) is 5.91 Å². The molecule has 0 unspecified atom stereocenters. The van der Waals surface area contributed by atoms with Gasteiger partial charge < -0.3 is 14.2 Å². The number of carbonyl (C=O) groups excluding carboxylic acids is 1. The molecule has 0 saturated carbocycles. The summed E-state index contributed by atoms with van der Waals surface area (Å²) in [5.74, 6) is 1.81. The Morgan fingerprint density at radius 2 is 1.45 bits per heavy atom. The molecule has 33 heavy (non-hydrogen) atoms. The summed E-state index contributed by atoms with van der Waals surface area (Å²) in [6, 6.07) is 23.0. The number of ether oxygens (including phenoxy) is 3. The van der Waals surface area contributed by atoms with Crippen molar-refractivity contribution in [3.05, 3.63) is 89.5 Å². The second kappa shape index (κ2) is 12.9. The maximum absolute atomic E-state index is 11.9. The third kappa shape index (κ3) is 8.69. The Kier molecular flexibility index (Phi) is 9.33. The molecule has 0 aliphatic rings. The molecule has 3 aromatic rings. The van der Waals surface area contributed by atoms with E-state index in [0.29, 0.717) is 19.0 Å². The summed E-state index contributed by atoms with van der Waals surface area (Å²) in [6.45, 7) is 5.26. The maximum Gasteiger partial charge on any atom is 0.277 e. The van der Waals surface area contributed by atoms with Gasteiger partial charge in [0.1, 0.15) is 23.9 Å². The van der Waals surface area contributed by atoms with Crippen molar-refractivity contribution in [1.82, 2.24) is 5.43 Å². The maximum atomic E-state index is 11.9. The highest BCUT2D eigenvalue weighted by atomic mass is 16.5. The Morgan fingerprint density at radius 3 is 2.12 bits per heavy atom. The smallest absolute Gasteiger partial charge is 0.277 e. The van der Waals surface area contributed by atoms with Crippen molar-refractivity contribution in [2.75, 3.05) is 13.2 Å². The topological polar surface area (TPSA) is 69.2 Å². The zero-order valence-corrected chi connectivity index (χ0v) is 19.1. The Balaban J connectivity index is 1.36. The fourth-order valence-corrected chi connectivity index (χ4v) is 2.83. The van der Waals surface area contributed by atoms with Gasteiger partial charge in [0, 0.05) is 0 Å². The lowest BCUT2D eigenvalue weighted by Crippen LogP contribution is -2.24. The van der Waals surface area contributed by atoms with Crippen molar-refractivity contribution in [2.24, 2.45) is 5.10 Å². The molecule has 0 spiro atoms. The molecule has 0 bridgehead atoms. The normalized spacial score (nSPS) is 10.7. The minimum atomic E-state index is -0.340. The standard InChI is InChI=1S/C27H30N2O4/c1-3-4-17-31-24-13-15-26(16-14-24)33-20-27(30)29-28-18-22-9-11-25(12-10-22)32-19-23-7-5-21(2)6-8-23/h5-16,18H,3-4,17,19-20H2,1-2H3,(H,29,30). The molecule has 0 fully saturated rings. The number of hydrogen-bond acceptors (Lipinski definition) is 5. The van der Waals surface area contributed by atoms with Crippen LogP contribution in [0.15, 0.2) is 77.9 Å². The second-order valence-corrected chi connectivity index (χ2v) is 7.60. The summed E-state index contributed by atoms with van der Waals surface area (Å²) in [4.78, 5) is 11.9. The van der Waals surface area contributed by atoms with Gasteiger partial charge in [-0.1, -0.05) is 43.2 Å². The first-order chi connectivity index (χ1) is 16.1. The molecule has 0 saturated heterocycles. The van der Waals surface area contributed by atoms with Crippen LogP contribution in [-0.2, 0) is 11.4 Å². The van der Waals surface area contributed by atoms with Crippen LogP contribution in [0, 0.1) is 6.92 Å². The van der Waals surface area contributed by atoms with Gasteiger partial charge in [-0.3, -0.25) is 4.79 Å². The van der Waals surface area contributed by atoms with Crippen LogP contribution in [0.2, 0.25) is 0 Å². The average Bonchev–Trinajstić information content (AvgIpc) is 2.84. The van der Waals surface area contributed by atoms with Gasteiger partial charge in [-0.2, -0.15) is 5.10 Å². The van der Waals surface area contributed by atoms with Gasteiger partial charge in [-0.05, 0) is 73.0 Å². The molecule has 1 N–H and O–H groups in total. The van der Waals surface area contributed by atoms with Crippen molar-refractivity contribution < 1.29 is 19.0 Å². The zero-order valence-electron chi connectivity index (χ0n) is 19.1. The summed E-state index contributed by atoms with van der Waals surface area (Å²) in [6.07, 6.45) is 3.68. The van der Waals surface area contributed by atoms with Gasteiger partial charge in [0.05, 0.1) is 12.8 Å². The summed E-state index contributed by atoms with van der Waals surface area (Å²) in [5, 5.41) is 3.98. The molecule has 0 radical (unpaired) electrons. The number of nitrogens with one attached hydrogen (secondary N) is 1. The number of benzene rings is 3. The summed E-state index contributed by atoms with van der Waals surface area (Å²) in [5.41, 5.74) is 5.65. The third-order valence-electron chi connectivity index (χ3n) is 4.77. The van der Waals surface area contributed by atoms with Crippen molar-refractivity contribution in [1.29, 1.82) is 0 Å². The van der Waals surface area contributed by atoms with Crippen LogP contribution in [0.4, 0.5) is 0 Å². The van der Waals surface area contributed by atoms with Gasteiger partial charge in [-0.25, -0.2) is 5.43 Å². The van der Waals surface area contributed by atoms with E-state index in [-0.39, 0.29) is 12.5 Å². The number of unbranched alkanes of at least 4 members (excludes halogenated alkanes) is 1. The number of rotatable bonds is 12. The van der Waals surface area contributed by atoms with Crippen molar-refractivity contribution in [2.45, 2.75) is 33.3 Å². The summed E-state index contributed by atoms with van der Waals surface area (Å²) >= 11 is 0. The number of carbonyl (C=O) groups is 1. The first-order valence-corrected chi connectivity index (χ1v) is 11.1. The molecule has 6 heteroatoms. The van der Waals surface area contributed by atoms with E-state index in [1.54, 1.807) is 18.3 Å². The quantitative estimate of drug-likeness (QED) is 0.233. The van der Waals surface area contributed by atoms with E-state index in [1.807, 2.05) is 36.4 Å². The Bertz CT molecular complexity index is 1010. The molecule has 0 aromatic heterocycles. The monoisotopic (exact) mass is 446 g/mol. The fourth-order valence-electron chi connectivity index (χ4n) is 2.83. The van der Waals surface area contributed by atoms with E-state index in [9.17, 15) is 4.79 Å². The number of nitrogens with zero attached hydrogens (tertiary/aromatic N) is 1. The highest BCUT2D eigenvalue weighted by Gasteiger charge is 2.02. The van der Waals surface area contributed by atoms with E-state index in [0.717, 1.165) is 35.5 Å². The molecular formula is C27H30N2O4. The van der Waals surface area contributed by atoms with Crippen molar-refractivity contribution in [3.8, 4) is 17.2 Å². The number of hydrogen-bond donors (Lipinski definition) is 1. The van der Waals surface area contributed by atoms with Crippen molar-refractivity contribution >= 4 is 12.1 Å². The van der Waals surface area contributed by atoms with Crippen LogP contribution in [0.25, 0.3) is 0 Å². The Morgan fingerprint density at radius 1 is 0.848 bits per heavy atom. The van der Waals surface area contributed by atoms with Crippen LogP contribution < -0.4 is 19.6 Å². The van der Waals surface area contributed by atoms with Gasteiger partial charge in [0.15, 0.2) is 6.61 Å². The molecule has 172 valence electrons. The van der Waals surface area contributed by atoms with Gasteiger partial charge in [-0.15, -0.1) is 0 Å². The highest BCUT2D eigenvalue weighted by Crippen LogP contribution is 2.18. The SMILES string of the molecule is CCCCOc1ccc(OCC(=O)NN=Cc2ccc(OCc3ccc(C)cc3)cc2)cc1. The first-order valence-electron chi connectivity index (χ1n) is 11.1. The molecule has 0 aliphatic carbocycles. The number of hydrazone groups is 1. The Labute approximate surface area is 195 Å². The van der Waals surface area contributed by atoms with E-state index in [4.69, 9.17) is 14.2 Å². The molecule has 3 aromatic carbocycles. The predicted molar refractivity (Wildman–Crippen MR) is 130 cm³/mol. The minimum absolute atomic E-state index is 0.126. The van der Waals surface area contributed by atoms with E-state index >= 15 is 0 Å². The first kappa shape index (κ1) is 23.9. The number of amides is 1. The lowest BCUT2D eigenvalue weighted by molar-refractivity contribution is -0.123. The second-order valence-electron chi connectivity index (χ2n) is 7.60. The molecule has 0 heterocycles. The van der Waals surface area contributed by atoms with E-state index in [1.165, 1.54) is 5.56 Å². The van der Waals surface area contributed by atoms with E-state index < -0.39 is 0 Å². The molecule has 6 nitrogen and oxygen atoms in total. The van der Waals surface area contributed by atoms with Crippen LogP contribution in [0.3, 0.4) is 0 Å². The summed E-state index contributed by atoms with van der Waals surface area (Å²) < 4.78 is 16.9. The van der Waals surface area contributed by atoms with Crippen LogP contribution >= 0.6 is 0 Å². The Hall–Kier alpha value is -3.80. The molecule has 0 atom stereocenters. The zero-order chi connectivity index (χ0) is 23.3. The summed E-state index contributed by atoms with van der Waals surface area (Å²) in [7, 11) is 0. The third-order valence-corrected chi connectivity index (χ3v) is 4.77. The van der Waals surface area contributed by atoms with Crippen LogP contribution in [0.5, 0.6) is 17.2 Å². The fraction of sp³-hybridized carbons (Fsp3) is 0.259.